The number of hydroxylamine groups is 1. The van der Waals surface area contributed by atoms with Gasteiger partial charge in [0.2, 0.25) is 0 Å². The van der Waals surface area contributed by atoms with Gasteiger partial charge in [-0.3, -0.25) is 4.79 Å². The number of carbonyl (C=O) groups is 1. The van der Waals surface area contributed by atoms with E-state index in [0.717, 1.165) is 37.0 Å². The lowest BCUT2D eigenvalue weighted by atomic mass is 9.84. The van der Waals surface area contributed by atoms with Gasteiger partial charge in [0.15, 0.2) is 0 Å². The first-order valence-corrected chi connectivity index (χ1v) is 9.81. The number of hydrogen-bond acceptors (Lipinski definition) is 4. The Labute approximate surface area is 173 Å². The predicted octanol–water partition coefficient (Wildman–Crippen LogP) is 4.10. The Kier molecular flexibility index (Phi) is 6.80. The molecule has 2 aromatic rings. The maximum Gasteiger partial charge on any atom is 0.416 e. The van der Waals surface area contributed by atoms with Crippen molar-refractivity contribution in [3.8, 4) is 0 Å². The number of carbonyl (C=O) groups excluding carboxylic acids is 1. The van der Waals surface area contributed by atoms with Gasteiger partial charge in [-0.1, -0.05) is 6.07 Å². The quantitative estimate of drug-likeness (QED) is 0.615. The number of benzene rings is 2. The average Bonchev–Trinajstić information content (AvgIpc) is 2.66. The molecule has 0 radical (unpaired) electrons. The topological polar surface area (TPSA) is 64.6 Å². The zero-order chi connectivity index (χ0) is 21.9. The average molecular weight is 421 g/mol. The van der Waals surface area contributed by atoms with Gasteiger partial charge in [0.1, 0.15) is 0 Å². The van der Waals surface area contributed by atoms with Crippen LogP contribution in [0.4, 0.5) is 18.9 Å². The largest absolute Gasteiger partial charge is 0.416 e. The number of fused-ring (bicyclic) bond motifs is 1. The molecule has 8 heteroatoms. The molecule has 5 nitrogen and oxygen atoms in total. The Balaban J connectivity index is 1.83. The van der Waals surface area contributed by atoms with Crippen molar-refractivity contribution >= 4 is 11.6 Å². The van der Waals surface area contributed by atoms with E-state index in [0.29, 0.717) is 30.3 Å². The minimum absolute atomic E-state index is 0.0262. The maximum atomic E-state index is 13.3. The van der Waals surface area contributed by atoms with Crippen LogP contribution in [0.25, 0.3) is 0 Å². The summed E-state index contributed by atoms with van der Waals surface area (Å²) in [7, 11) is 3.51. The van der Waals surface area contributed by atoms with Crippen LogP contribution in [0.2, 0.25) is 0 Å². The van der Waals surface area contributed by atoms with E-state index < -0.39 is 17.6 Å². The molecule has 1 aliphatic rings. The second-order valence-electron chi connectivity index (χ2n) is 8.06. The number of nitrogens with one attached hydrogen (secondary N) is 2. The van der Waals surface area contributed by atoms with Crippen LogP contribution < -0.4 is 10.8 Å². The number of halogens is 3. The predicted molar refractivity (Wildman–Crippen MR) is 109 cm³/mol. The van der Waals surface area contributed by atoms with Crippen LogP contribution in [0, 0.1) is 5.92 Å². The third kappa shape index (κ3) is 5.59. The van der Waals surface area contributed by atoms with E-state index in [1.54, 1.807) is 25.1 Å². The summed E-state index contributed by atoms with van der Waals surface area (Å²) in [5, 5.41) is 11.7. The van der Waals surface area contributed by atoms with Crippen LogP contribution in [-0.4, -0.2) is 36.7 Å². The van der Waals surface area contributed by atoms with Crippen LogP contribution in [0.1, 0.15) is 39.0 Å². The van der Waals surface area contributed by atoms with Gasteiger partial charge < -0.3 is 15.4 Å². The summed E-state index contributed by atoms with van der Waals surface area (Å²) in [6.07, 6.45) is -1.91. The lowest BCUT2D eigenvalue weighted by Gasteiger charge is -2.24. The Morgan fingerprint density at radius 2 is 1.93 bits per heavy atom. The SMILES string of the molecule is CN(C)Cc1cc(C(=O)Nc2ccc3c(c2)CC(CNO)CC3)cc(C(F)(F)F)c1. The van der Waals surface area contributed by atoms with Crippen LogP contribution >= 0.6 is 0 Å². The molecule has 0 spiro atoms. The smallest absolute Gasteiger partial charge is 0.322 e. The molecule has 0 aliphatic heterocycles. The molecule has 3 N–H and O–H groups in total. The van der Waals surface area contributed by atoms with E-state index in [1.807, 2.05) is 12.1 Å². The Morgan fingerprint density at radius 1 is 1.17 bits per heavy atom. The second-order valence-corrected chi connectivity index (χ2v) is 8.06. The molecule has 0 saturated heterocycles. The molecule has 1 amide bonds. The summed E-state index contributed by atoms with van der Waals surface area (Å²) in [4.78, 5) is 14.5. The molecule has 0 bridgehead atoms. The molecular weight excluding hydrogens is 395 g/mol. The fourth-order valence-electron chi connectivity index (χ4n) is 3.86. The maximum absolute atomic E-state index is 13.3. The fourth-order valence-corrected chi connectivity index (χ4v) is 3.86. The van der Waals surface area contributed by atoms with Crippen molar-refractivity contribution in [3.05, 3.63) is 64.2 Å². The molecule has 0 heterocycles. The third-order valence-corrected chi connectivity index (χ3v) is 5.26. The normalized spacial score (nSPS) is 16.4. The van der Waals surface area contributed by atoms with Gasteiger partial charge >= 0.3 is 6.18 Å². The highest BCUT2D eigenvalue weighted by atomic mass is 19.4. The van der Waals surface area contributed by atoms with Crippen molar-refractivity contribution in [1.29, 1.82) is 0 Å². The lowest BCUT2D eigenvalue weighted by molar-refractivity contribution is -0.137. The molecule has 3 rings (SSSR count). The van der Waals surface area contributed by atoms with E-state index in [-0.39, 0.29) is 5.56 Å². The summed E-state index contributed by atoms with van der Waals surface area (Å²) in [5.41, 5.74) is 4.58. The molecule has 1 unspecified atom stereocenters. The summed E-state index contributed by atoms with van der Waals surface area (Å²) in [6, 6.07) is 9.03. The van der Waals surface area contributed by atoms with Gasteiger partial charge in [0.05, 0.1) is 5.56 Å². The number of rotatable bonds is 6. The number of hydrogen-bond donors (Lipinski definition) is 3. The van der Waals surface area contributed by atoms with Gasteiger partial charge in [-0.2, -0.15) is 13.2 Å². The van der Waals surface area contributed by atoms with Gasteiger partial charge in [-0.25, -0.2) is 5.48 Å². The number of anilines is 1. The zero-order valence-corrected chi connectivity index (χ0v) is 17.0. The second kappa shape index (κ2) is 9.16. The molecule has 162 valence electrons. The Morgan fingerprint density at radius 3 is 2.60 bits per heavy atom. The summed E-state index contributed by atoms with van der Waals surface area (Å²) in [5.74, 6) is -0.282. The molecular formula is C22H26F3N3O2. The van der Waals surface area contributed by atoms with Gasteiger partial charge in [-0.15, -0.1) is 0 Å². The minimum Gasteiger partial charge on any atom is -0.322 e. The molecule has 0 fully saturated rings. The number of nitrogens with zero attached hydrogens (tertiary/aromatic N) is 1. The Bertz CT molecular complexity index is 913. The number of amides is 1. The Hall–Kier alpha value is -2.42. The highest BCUT2D eigenvalue weighted by Crippen LogP contribution is 2.32. The summed E-state index contributed by atoms with van der Waals surface area (Å²) in [6.45, 7) is 0.790. The highest BCUT2D eigenvalue weighted by molar-refractivity contribution is 6.04. The molecule has 30 heavy (non-hydrogen) atoms. The summed E-state index contributed by atoms with van der Waals surface area (Å²) >= 11 is 0. The molecule has 1 aliphatic carbocycles. The molecule has 1 atom stereocenters. The van der Waals surface area contributed by atoms with Crippen LogP contribution in [0.3, 0.4) is 0 Å². The summed E-state index contributed by atoms with van der Waals surface area (Å²) < 4.78 is 39.9. The van der Waals surface area contributed by atoms with Crippen LogP contribution in [-0.2, 0) is 25.6 Å². The van der Waals surface area contributed by atoms with Crippen molar-refractivity contribution in [2.45, 2.75) is 32.0 Å². The monoisotopic (exact) mass is 421 g/mol. The van der Waals surface area contributed by atoms with E-state index in [4.69, 9.17) is 5.21 Å². The molecule has 2 aromatic carbocycles. The van der Waals surface area contributed by atoms with Crippen molar-refractivity contribution in [3.63, 3.8) is 0 Å². The van der Waals surface area contributed by atoms with Crippen molar-refractivity contribution in [1.82, 2.24) is 10.4 Å². The van der Waals surface area contributed by atoms with E-state index in [9.17, 15) is 18.0 Å². The fraction of sp³-hybridized carbons (Fsp3) is 0.409. The molecule has 0 saturated carbocycles. The number of alkyl halides is 3. The number of aryl methyl sites for hydroxylation is 1. The van der Waals surface area contributed by atoms with Crippen molar-refractivity contribution < 1.29 is 23.2 Å². The van der Waals surface area contributed by atoms with Crippen molar-refractivity contribution in [2.24, 2.45) is 5.92 Å². The van der Waals surface area contributed by atoms with Gasteiger partial charge in [-0.05, 0) is 86.3 Å². The van der Waals surface area contributed by atoms with Crippen molar-refractivity contribution in [2.75, 3.05) is 26.0 Å². The first-order valence-electron chi connectivity index (χ1n) is 9.81. The first-order chi connectivity index (χ1) is 14.2. The lowest BCUT2D eigenvalue weighted by Crippen LogP contribution is -2.25. The third-order valence-electron chi connectivity index (χ3n) is 5.26. The first kappa shape index (κ1) is 22.3. The van der Waals surface area contributed by atoms with E-state index in [2.05, 4.69) is 10.8 Å². The van der Waals surface area contributed by atoms with Crippen LogP contribution in [0.5, 0.6) is 0 Å². The highest BCUT2D eigenvalue weighted by Gasteiger charge is 2.32. The van der Waals surface area contributed by atoms with Gasteiger partial charge in [0.25, 0.3) is 5.91 Å². The van der Waals surface area contributed by atoms with E-state index >= 15 is 0 Å². The minimum atomic E-state index is -4.53. The zero-order valence-electron chi connectivity index (χ0n) is 17.0. The van der Waals surface area contributed by atoms with E-state index in [1.165, 1.54) is 11.6 Å². The molecule has 0 aromatic heterocycles. The van der Waals surface area contributed by atoms with Crippen LogP contribution in [0.15, 0.2) is 36.4 Å². The van der Waals surface area contributed by atoms with Gasteiger partial charge in [0, 0.05) is 24.3 Å². The standard InChI is InChI=1S/C22H26F3N3O2/c1-28(2)13-15-8-18(10-19(9-15)22(23,24)25)21(29)27-20-6-5-16-4-3-14(12-26-30)7-17(16)11-20/h5-6,8-11,14,26,30H,3-4,7,12-13H2,1-2H3,(H,27,29).